The van der Waals surface area contributed by atoms with Crippen LogP contribution >= 0.6 is 0 Å². The lowest BCUT2D eigenvalue weighted by Gasteiger charge is -2.26. The molecule has 0 aliphatic heterocycles. The summed E-state index contributed by atoms with van der Waals surface area (Å²) in [4.78, 5) is 2.37. The van der Waals surface area contributed by atoms with E-state index in [1.807, 2.05) is 0 Å². The Labute approximate surface area is 262 Å². The van der Waals surface area contributed by atoms with Crippen molar-refractivity contribution in [1.29, 1.82) is 0 Å². The normalized spacial score (nSPS) is 11.6. The van der Waals surface area contributed by atoms with E-state index in [-0.39, 0.29) is 0 Å². The van der Waals surface area contributed by atoms with Gasteiger partial charge in [0.25, 0.3) is 0 Å². The first-order valence-electron chi connectivity index (χ1n) is 15.5. The van der Waals surface area contributed by atoms with Gasteiger partial charge in [-0.1, -0.05) is 133 Å². The largest absolute Gasteiger partial charge is 0.310 e. The number of hydrogen-bond donors (Lipinski definition) is 0. The fourth-order valence-corrected chi connectivity index (χ4v) is 7.14. The standard InChI is InChI=1S/C44H29N/c1-2-13-32(14-3-1)45(34-26-27-42-39-19-8-7-17-37(39)38-18-9-11-21-41(38)44(42)29-34)33-24-22-30(23-25-33)43-28-31-12-4-5-15-35(31)36-16-6-10-20-40(36)43/h1-29H. The van der Waals surface area contributed by atoms with Gasteiger partial charge in [0.15, 0.2) is 0 Å². The average Bonchev–Trinajstić information content (AvgIpc) is 3.12. The summed E-state index contributed by atoms with van der Waals surface area (Å²) in [6.45, 7) is 0. The summed E-state index contributed by atoms with van der Waals surface area (Å²) >= 11 is 0. The number of anilines is 3. The highest BCUT2D eigenvalue weighted by Gasteiger charge is 2.16. The lowest BCUT2D eigenvalue weighted by atomic mass is 9.93. The highest BCUT2D eigenvalue weighted by Crippen LogP contribution is 2.42. The van der Waals surface area contributed by atoms with E-state index in [1.165, 1.54) is 65.0 Å². The molecule has 0 bridgehead atoms. The third-order valence-corrected chi connectivity index (χ3v) is 9.20. The Morgan fingerprint density at radius 1 is 0.267 bits per heavy atom. The summed E-state index contributed by atoms with van der Waals surface area (Å²) in [5.41, 5.74) is 5.86. The van der Waals surface area contributed by atoms with Crippen LogP contribution in [0.25, 0.3) is 65.0 Å². The van der Waals surface area contributed by atoms with Gasteiger partial charge in [-0.2, -0.15) is 0 Å². The Kier molecular flexibility index (Phi) is 5.89. The fraction of sp³-hybridized carbons (Fsp3) is 0. The fourth-order valence-electron chi connectivity index (χ4n) is 7.14. The Morgan fingerprint density at radius 3 is 1.36 bits per heavy atom. The molecule has 9 aromatic rings. The van der Waals surface area contributed by atoms with E-state index < -0.39 is 0 Å². The SMILES string of the molecule is c1ccc(N(c2ccc(-c3cc4ccccc4c4ccccc34)cc2)c2ccc3c4ccccc4c4ccccc4c3c2)cc1. The van der Waals surface area contributed by atoms with Gasteiger partial charge in [-0.3, -0.25) is 0 Å². The van der Waals surface area contributed by atoms with Crippen molar-refractivity contribution in [1.82, 2.24) is 0 Å². The molecule has 1 heteroatoms. The van der Waals surface area contributed by atoms with Gasteiger partial charge in [0.2, 0.25) is 0 Å². The third-order valence-electron chi connectivity index (χ3n) is 9.20. The number of fused-ring (bicyclic) bond motifs is 9. The molecular weight excluding hydrogens is 542 g/mol. The van der Waals surface area contributed by atoms with E-state index in [9.17, 15) is 0 Å². The Hall–Kier alpha value is -5.92. The van der Waals surface area contributed by atoms with Crippen LogP contribution < -0.4 is 4.90 Å². The van der Waals surface area contributed by atoms with Gasteiger partial charge in [-0.15, -0.1) is 0 Å². The summed E-state index contributed by atoms with van der Waals surface area (Å²) in [5.74, 6) is 0. The summed E-state index contributed by atoms with van der Waals surface area (Å²) in [5, 5.41) is 12.8. The average molecular weight is 572 g/mol. The molecule has 210 valence electrons. The molecule has 0 saturated heterocycles. The maximum atomic E-state index is 2.37. The smallest absolute Gasteiger partial charge is 0.0468 e. The van der Waals surface area contributed by atoms with Gasteiger partial charge in [0.1, 0.15) is 0 Å². The zero-order chi connectivity index (χ0) is 29.7. The molecule has 9 aromatic carbocycles. The topological polar surface area (TPSA) is 3.24 Å². The van der Waals surface area contributed by atoms with E-state index in [4.69, 9.17) is 0 Å². The lowest BCUT2D eigenvalue weighted by molar-refractivity contribution is 1.29. The molecule has 0 atom stereocenters. The van der Waals surface area contributed by atoms with Crippen molar-refractivity contribution in [2.45, 2.75) is 0 Å². The minimum Gasteiger partial charge on any atom is -0.310 e. The number of para-hydroxylation sites is 1. The second-order valence-corrected chi connectivity index (χ2v) is 11.7. The van der Waals surface area contributed by atoms with E-state index in [0.29, 0.717) is 0 Å². The van der Waals surface area contributed by atoms with Crippen molar-refractivity contribution in [3.05, 3.63) is 176 Å². The van der Waals surface area contributed by atoms with Crippen molar-refractivity contribution in [2.24, 2.45) is 0 Å². The summed E-state index contributed by atoms with van der Waals surface area (Å²) < 4.78 is 0. The molecular formula is C44H29N. The van der Waals surface area contributed by atoms with Gasteiger partial charge >= 0.3 is 0 Å². The molecule has 0 spiro atoms. The van der Waals surface area contributed by atoms with Crippen molar-refractivity contribution < 1.29 is 0 Å². The van der Waals surface area contributed by atoms with E-state index >= 15 is 0 Å². The van der Waals surface area contributed by atoms with Crippen LogP contribution in [0.1, 0.15) is 0 Å². The molecule has 0 aliphatic carbocycles. The van der Waals surface area contributed by atoms with Crippen molar-refractivity contribution in [3.63, 3.8) is 0 Å². The van der Waals surface area contributed by atoms with Crippen molar-refractivity contribution >= 4 is 70.9 Å². The Morgan fingerprint density at radius 2 is 0.711 bits per heavy atom. The molecule has 0 aliphatic rings. The monoisotopic (exact) mass is 571 g/mol. The molecule has 1 nitrogen and oxygen atoms in total. The highest BCUT2D eigenvalue weighted by atomic mass is 15.1. The number of nitrogens with zero attached hydrogens (tertiary/aromatic N) is 1. The van der Waals surface area contributed by atoms with Gasteiger partial charge in [-0.25, -0.2) is 0 Å². The van der Waals surface area contributed by atoms with E-state index in [0.717, 1.165) is 17.1 Å². The van der Waals surface area contributed by atoms with Gasteiger partial charge in [0.05, 0.1) is 0 Å². The van der Waals surface area contributed by atoms with Crippen molar-refractivity contribution in [2.75, 3.05) is 4.90 Å². The molecule has 0 saturated carbocycles. The molecule has 0 N–H and O–H groups in total. The Balaban J connectivity index is 1.22. The first kappa shape index (κ1) is 25.6. The summed E-state index contributed by atoms with van der Waals surface area (Å²) in [7, 11) is 0. The highest BCUT2D eigenvalue weighted by molar-refractivity contribution is 6.25. The van der Waals surface area contributed by atoms with Crippen molar-refractivity contribution in [3.8, 4) is 11.1 Å². The minimum absolute atomic E-state index is 1.12. The van der Waals surface area contributed by atoms with Crippen LogP contribution in [0.4, 0.5) is 17.1 Å². The second kappa shape index (κ2) is 10.4. The second-order valence-electron chi connectivity index (χ2n) is 11.7. The van der Waals surface area contributed by atoms with E-state index in [2.05, 4.69) is 181 Å². The molecule has 0 amide bonds. The van der Waals surface area contributed by atoms with Crippen LogP contribution in [0.3, 0.4) is 0 Å². The van der Waals surface area contributed by atoms with E-state index in [1.54, 1.807) is 0 Å². The van der Waals surface area contributed by atoms with Gasteiger partial charge in [0, 0.05) is 17.1 Å². The molecule has 0 unspecified atom stereocenters. The molecule has 45 heavy (non-hydrogen) atoms. The van der Waals surface area contributed by atoms with Gasteiger partial charge in [-0.05, 0) is 107 Å². The third kappa shape index (κ3) is 4.17. The Bertz CT molecular complexity index is 2490. The first-order chi connectivity index (χ1) is 22.3. The lowest BCUT2D eigenvalue weighted by Crippen LogP contribution is -2.09. The zero-order valence-corrected chi connectivity index (χ0v) is 24.7. The van der Waals surface area contributed by atoms with Crippen LogP contribution in [-0.4, -0.2) is 0 Å². The van der Waals surface area contributed by atoms with Crippen LogP contribution in [0, 0.1) is 0 Å². The van der Waals surface area contributed by atoms with Gasteiger partial charge < -0.3 is 4.90 Å². The molecule has 0 heterocycles. The zero-order valence-electron chi connectivity index (χ0n) is 24.7. The summed E-state index contributed by atoms with van der Waals surface area (Å²) in [6.07, 6.45) is 0. The van der Waals surface area contributed by atoms with Crippen LogP contribution in [0.15, 0.2) is 176 Å². The molecule has 0 radical (unpaired) electrons. The maximum absolute atomic E-state index is 2.37. The summed E-state index contributed by atoms with van der Waals surface area (Å²) in [6, 6.07) is 64.0. The van der Waals surface area contributed by atoms with Crippen LogP contribution in [0.5, 0.6) is 0 Å². The molecule has 0 aromatic heterocycles. The number of rotatable bonds is 4. The number of benzene rings is 9. The predicted octanol–water partition coefficient (Wildman–Crippen LogP) is 12.6. The molecule has 0 fully saturated rings. The van der Waals surface area contributed by atoms with Crippen LogP contribution in [-0.2, 0) is 0 Å². The number of hydrogen-bond acceptors (Lipinski definition) is 1. The quantitative estimate of drug-likeness (QED) is 0.190. The molecule has 9 rings (SSSR count). The predicted molar refractivity (Wildman–Crippen MR) is 194 cm³/mol. The minimum atomic E-state index is 1.12. The first-order valence-corrected chi connectivity index (χ1v) is 15.5. The maximum Gasteiger partial charge on any atom is 0.0468 e. The van der Waals surface area contributed by atoms with Crippen LogP contribution in [0.2, 0.25) is 0 Å².